The first-order chi connectivity index (χ1) is 33.4. The zero-order valence-electron chi connectivity index (χ0n) is 40.3. The number of amides is 10. The van der Waals surface area contributed by atoms with Gasteiger partial charge in [0.1, 0.15) is 42.9 Å². The van der Waals surface area contributed by atoms with Gasteiger partial charge in [0.25, 0.3) is 11.8 Å². The van der Waals surface area contributed by atoms with Crippen LogP contribution in [-0.4, -0.2) is 148 Å². The Kier molecular flexibility index (Phi) is 19.8. The summed E-state index contributed by atoms with van der Waals surface area (Å²) in [4.78, 5) is 131. The summed E-state index contributed by atoms with van der Waals surface area (Å²) < 4.78 is 31.7. The van der Waals surface area contributed by atoms with Gasteiger partial charge >= 0.3 is 0 Å². The molecule has 0 aliphatic carbocycles. The summed E-state index contributed by atoms with van der Waals surface area (Å²) in [5.41, 5.74) is 6.02. The monoisotopic (exact) mass is 990 g/mol. The minimum Gasteiger partial charge on any atom is -0.387 e. The number of rotatable bonds is 24. The smallest absolute Gasteiger partial charge is 0.254 e. The van der Waals surface area contributed by atoms with Gasteiger partial charge in [-0.1, -0.05) is 51.1 Å². The van der Waals surface area contributed by atoms with E-state index in [4.69, 9.17) is 5.73 Å². The lowest BCUT2D eigenvalue weighted by molar-refractivity contribution is -0.141. The van der Waals surface area contributed by atoms with Crippen LogP contribution in [0.25, 0.3) is 11.1 Å². The van der Waals surface area contributed by atoms with Crippen LogP contribution < -0.4 is 32.3 Å². The van der Waals surface area contributed by atoms with Crippen LogP contribution in [0.15, 0.2) is 72.9 Å². The van der Waals surface area contributed by atoms with Crippen molar-refractivity contribution in [2.45, 2.75) is 78.2 Å². The number of nitrogens with one attached hydrogen (secondary N) is 5. The number of halogens is 2. The van der Waals surface area contributed by atoms with E-state index < -0.39 is 133 Å². The molecule has 0 spiro atoms. The number of nitrogens with two attached hydrogens (primary N) is 1. The Bertz CT molecular complexity index is 2510. The van der Waals surface area contributed by atoms with Crippen LogP contribution in [0.3, 0.4) is 0 Å². The van der Waals surface area contributed by atoms with Crippen molar-refractivity contribution < 1.29 is 61.8 Å². The van der Waals surface area contributed by atoms with Crippen LogP contribution in [0.4, 0.5) is 8.78 Å². The van der Waals surface area contributed by atoms with Crippen molar-refractivity contribution in [3.63, 3.8) is 0 Å². The van der Waals surface area contributed by atoms with Gasteiger partial charge < -0.3 is 51.8 Å². The number of imide groups is 1. The third-order valence-electron chi connectivity index (χ3n) is 11.4. The number of aliphatic hydroxyl groups is 1. The first-order valence-electron chi connectivity index (χ1n) is 22.5. The molecular weight excluding hydrogens is 931 g/mol. The normalized spacial score (nSPS) is 13.9. The predicted octanol–water partition coefficient (Wildman–Crippen LogP) is -0.235. The molecule has 3 aromatic rings. The molecular formula is C48H60F2N10O11. The maximum Gasteiger partial charge on any atom is 0.254 e. The van der Waals surface area contributed by atoms with E-state index in [0.29, 0.717) is 10.6 Å². The molecule has 1 aliphatic heterocycles. The van der Waals surface area contributed by atoms with E-state index in [2.05, 4.69) is 26.6 Å². The van der Waals surface area contributed by atoms with Crippen LogP contribution in [0.2, 0.25) is 0 Å². The first-order valence-corrected chi connectivity index (χ1v) is 22.5. The molecule has 2 heterocycles. The van der Waals surface area contributed by atoms with Gasteiger partial charge in [-0.2, -0.15) is 0 Å². The van der Waals surface area contributed by atoms with Crippen molar-refractivity contribution in [3.8, 4) is 11.1 Å². The zero-order chi connectivity index (χ0) is 52.7. The molecule has 382 valence electrons. The van der Waals surface area contributed by atoms with E-state index in [-0.39, 0.29) is 37.3 Å². The Morgan fingerprint density at radius 2 is 1.45 bits per heavy atom. The van der Waals surface area contributed by atoms with Crippen molar-refractivity contribution in [1.82, 2.24) is 45.9 Å². The van der Waals surface area contributed by atoms with Crippen molar-refractivity contribution in [2.75, 3.05) is 46.4 Å². The molecule has 0 bridgehead atoms. The van der Waals surface area contributed by atoms with E-state index >= 15 is 4.39 Å². The molecule has 0 fully saturated rings. The summed E-state index contributed by atoms with van der Waals surface area (Å²) in [6, 6.07) is 8.22. The van der Waals surface area contributed by atoms with Crippen molar-refractivity contribution in [1.29, 1.82) is 0 Å². The first kappa shape index (κ1) is 55.8. The number of benzene rings is 2. The molecule has 4 atom stereocenters. The van der Waals surface area contributed by atoms with Gasteiger partial charge in [-0.05, 0) is 48.6 Å². The highest BCUT2D eigenvalue weighted by Crippen LogP contribution is 2.41. The van der Waals surface area contributed by atoms with Gasteiger partial charge in [-0.15, -0.1) is 0 Å². The molecule has 71 heavy (non-hydrogen) atoms. The molecule has 2 aromatic carbocycles. The third-order valence-corrected chi connectivity index (χ3v) is 11.4. The number of aliphatic hydroxyl groups excluding tert-OH is 1. The Hall–Kier alpha value is -7.82. The topological polar surface area (TPSA) is 292 Å². The molecule has 0 radical (unpaired) electrons. The highest BCUT2D eigenvalue weighted by Gasteiger charge is 2.39. The number of primary amides is 1. The molecule has 0 unspecified atom stereocenters. The van der Waals surface area contributed by atoms with Crippen LogP contribution in [-0.2, 0) is 54.5 Å². The average Bonchev–Trinajstić information content (AvgIpc) is 3.86. The standard InChI is InChI=1S/C48H60F2N10O11/c1-28(57(6)42(67)23-54-29(2)62)45(69)56-36(22-38(51)63)47(71)55-35(46(70)53-18-17-52-39(64)26-60-40(65)14-15-41(60)66)16-19-59(43(68)27-61)44(48(3,4)5)37-20-31(33-21-32(49)12-13-34(33)50)25-58(37)24-30-10-8-7-9-11-30/h7-15,20-21,25,28,35-36,44,61H,16-19,22-24,26-27H2,1-6H3,(H2,51,63)(H,52,64)(H,53,70)(H,54,62)(H,55,71)(H,56,69)/t28-,35-,36-,44-/m0/s1. The minimum atomic E-state index is -1.72. The minimum absolute atomic E-state index is 0.0633. The van der Waals surface area contributed by atoms with E-state index in [1.165, 1.54) is 25.8 Å². The lowest BCUT2D eigenvalue weighted by Gasteiger charge is -2.41. The summed E-state index contributed by atoms with van der Waals surface area (Å²) in [6.07, 6.45) is 2.45. The summed E-state index contributed by atoms with van der Waals surface area (Å²) >= 11 is 0. The maximum absolute atomic E-state index is 15.3. The van der Waals surface area contributed by atoms with Crippen LogP contribution in [0, 0.1) is 17.0 Å². The van der Waals surface area contributed by atoms with Gasteiger partial charge in [0.2, 0.25) is 47.3 Å². The SMILES string of the molecule is CC(=O)NCC(=O)N(C)[C@@H](C)C(=O)N[C@@H](CC(N)=O)C(=O)N[C@@H](CCN(C(=O)CO)[C@@H](c1cc(-c2cc(F)ccc2F)cn1Cc1ccccc1)C(C)(C)C)C(=O)NCCNC(=O)CN1C(=O)C=CC1=O. The second-order valence-electron chi connectivity index (χ2n) is 17.8. The Labute approximate surface area is 408 Å². The zero-order valence-corrected chi connectivity index (χ0v) is 40.3. The highest BCUT2D eigenvalue weighted by atomic mass is 19.1. The van der Waals surface area contributed by atoms with Crippen LogP contribution >= 0.6 is 0 Å². The number of hydrogen-bond acceptors (Lipinski definition) is 11. The Balaban J connectivity index is 1.69. The molecule has 4 rings (SSSR count). The second-order valence-corrected chi connectivity index (χ2v) is 17.8. The molecule has 21 nitrogen and oxygen atoms in total. The summed E-state index contributed by atoms with van der Waals surface area (Å²) in [5.74, 6) is -9.45. The molecule has 10 amide bonds. The lowest BCUT2D eigenvalue weighted by atomic mass is 9.82. The van der Waals surface area contributed by atoms with Gasteiger partial charge in [0.05, 0.1) is 19.0 Å². The van der Waals surface area contributed by atoms with Gasteiger partial charge in [0, 0.05) is 75.3 Å². The van der Waals surface area contributed by atoms with Crippen molar-refractivity contribution >= 4 is 59.1 Å². The molecule has 23 heteroatoms. The number of hydrogen-bond donors (Lipinski definition) is 7. The lowest BCUT2D eigenvalue weighted by Crippen LogP contribution is -2.58. The summed E-state index contributed by atoms with van der Waals surface area (Å²) in [5, 5.41) is 22.6. The van der Waals surface area contributed by atoms with Crippen molar-refractivity contribution in [2.24, 2.45) is 11.1 Å². The van der Waals surface area contributed by atoms with Gasteiger partial charge in [-0.25, -0.2) is 8.78 Å². The molecule has 1 aliphatic rings. The maximum atomic E-state index is 15.3. The molecule has 1 aromatic heterocycles. The van der Waals surface area contributed by atoms with Crippen LogP contribution in [0.5, 0.6) is 0 Å². The number of carbonyl (C=O) groups is 10. The van der Waals surface area contributed by atoms with Gasteiger partial charge in [0.15, 0.2) is 0 Å². The fourth-order valence-electron chi connectivity index (χ4n) is 7.63. The third kappa shape index (κ3) is 15.9. The van der Waals surface area contributed by atoms with E-state index in [0.717, 1.165) is 40.8 Å². The predicted molar refractivity (Wildman–Crippen MR) is 251 cm³/mol. The van der Waals surface area contributed by atoms with E-state index in [1.807, 2.05) is 30.3 Å². The Morgan fingerprint density at radius 3 is 2.06 bits per heavy atom. The number of aromatic nitrogens is 1. The fourth-order valence-corrected chi connectivity index (χ4v) is 7.63. The molecule has 0 saturated heterocycles. The number of carbonyl (C=O) groups excluding carboxylic acids is 10. The summed E-state index contributed by atoms with van der Waals surface area (Å²) in [6.45, 7) is 5.18. The van der Waals surface area contributed by atoms with E-state index in [1.54, 1.807) is 37.6 Å². The number of likely N-dealkylation sites (N-methyl/N-ethyl adjacent to an activating group) is 1. The number of nitrogens with zero attached hydrogens (tertiary/aromatic N) is 4. The van der Waals surface area contributed by atoms with Crippen molar-refractivity contribution in [3.05, 3.63) is 95.8 Å². The van der Waals surface area contributed by atoms with E-state index in [9.17, 15) is 57.4 Å². The highest BCUT2D eigenvalue weighted by molar-refractivity contribution is 6.14. The molecule has 0 saturated carbocycles. The summed E-state index contributed by atoms with van der Waals surface area (Å²) in [7, 11) is 1.27. The largest absolute Gasteiger partial charge is 0.387 e. The fraction of sp³-hybridized carbons (Fsp3) is 0.417. The Morgan fingerprint density at radius 1 is 0.817 bits per heavy atom. The second kappa shape index (κ2) is 25.2. The van der Waals surface area contributed by atoms with Crippen LogP contribution in [0.1, 0.15) is 64.8 Å². The van der Waals surface area contributed by atoms with Gasteiger partial charge in [-0.3, -0.25) is 52.8 Å². The molecule has 8 N–H and O–H groups in total. The average molecular weight is 991 g/mol. The quantitative estimate of drug-likeness (QED) is 0.0455.